The van der Waals surface area contributed by atoms with E-state index in [-0.39, 0.29) is 12.6 Å². The number of anilines is 1. The highest BCUT2D eigenvalue weighted by atomic mass is 35.5. The van der Waals surface area contributed by atoms with E-state index in [0.717, 1.165) is 16.8 Å². The van der Waals surface area contributed by atoms with E-state index in [4.69, 9.17) is 16.3 Å². The lowest BCUT2D eigenvalue weighted by Crippen LogP contribution is -2.20. The van der Waals surface area contributed by atoms with Crippen LogP contribution in [0, 0.1) is 13.8 Å². The molecule has 0 aliphatic rings. The van der Waals surface area contributed by atoms with Crippen LogP contribution in [0.2, 0.25) is 5.02 Å². The minimum absolute atomic E-state index is 0.129. The summed E-state index contributed by atoms with van der Waals surface area (Å²) in [5.74, 6) is 0.423. The third-order valence-corrected chi connectivity index (χ3v) is 4.22. The number of aromatic nitrogens is 2. The number of aryl methyl sites for hydroxylation is 1. The third kappa shape index (κ3) is 4.00. The molecule has 1 amide bonds. The van der Waals surface area contributed by atoms with E-state index in [0.29, 0.717) is 16.5 Å². The lowest BCUT2D eigenvalue weighted by Gasteiger charge is -2.12. The Balaban J connectivity index is 1.71. The fraction of sp³-hybridized carbons (Fsp3) is 0.158. The van der Waals surface area contributed by atoms with Gasteiger partial charge in [0.2, 0.25) is 0 Å². The molecule has 3 rings (SSSR count). The van der Waals surface area contributed by atoms with Gasteiger partial charge in [-0.15, -0.1) is 0 Å². The van der Waals surface area contributed by atoms with E-state index in [2.05, 4.69) is 10.4 Å². The van der Waals surface area contributed by atoms with E-state index >= 15 is 0 Å². The summed E-state index contributed by atoms with van der Waals surface area (Å²) in [7, 11) is 0. The molecule has 3 aromatic rings. The van der Waals surface area contributed by atoms with E-state index in [1.54, 1.807) is 36.5 Å². The summed E-state index contributed by atoms with van der Waals surface area (Å²) in [4.78, 5) is 12.6. The predicted molar refractivity (Wildman–Crippen MR) is 98.2 cm³/mol. The first-order chi connectivity index (χ1) is 12.0. The minimum atomic E-state index is -0.231. The summed E-state index contributed by atoms with van der Waals surface area (Å²) in [5, 5.41) is 7.72. The molecular formula is C19H18ClN3O2. The van der Waals surface area contributed by atoms with Crippen molar-refractivity contribution in [1.29, 1.82) is 0 Å². The van der Waals surface area contributed by atoms with Crippen LogP contribution in [0.4, 0.5) is 5.69 Å². The van der Waals surface area contributed by atoms with Crippen molar-refractivity contribution in [3.63, 3.8) is 0 Å². The van der Waals surface area contributed by atoms with Gasteiger partial charge in [-0.05, 0) is 61.4 Å². The standard InChI is InChI=1S/C19H18ClN3O2/c1-13-4-3-5-17(14(13)2)22-19(24)18-10-11-21-23(18)12-25-16-8-6-15(20)7-9-16/h3-11H,12H2,1-2H3,(H,22,24). The number of rotatable bonds is 5. The largest absolute Gasteiger partial charge is 0.471 e. The zero-order valence-corrected chi connectivity index (χ0v) is 14.7. The Morgan fingerprint density at radius 2 is 1.92 bits per heavy atom. The number of amides is 1. The molecule has 0 radical (unpaired) electrons. The molecule has 0 saturated carbocycles. The van der Waals surface area contributed by atoms with Crippen LogP contribution >= 0.6 is 11.6 Å². The quantitative estimate of drug-likeness (QED) is 0.736. The normalized spacial score (nSPS) is 10.5. The van der Waals surface area contributed by atoms with Gasteiger partial charge in [-0.25, -0.2) is 4.68 Å². The summed E-state index contributed by atoms with van der Waals surface area (Å²) in [6.45, 7) is 4.12. The van der Waals surface area contributed by atoms with Gasteiger partial charge >= 0.3 is 0 Å². The Bertz CT molecular complexity index is 888. The Kier molecular flexibility index (Phi) is 5.05. The number of ether oxygens (including phenoxy) is 1. The highest BCUT2D eigenvalue weighted by Crippen LogP contribution is 2.19. The van der Waals surface area contributed by atoms with Crippen LogP contribution < -0.4 is 10.1 Å². The Labute approximate surface area is 151 Å². The lowest BCUT2D eigenvalue weighted by molar-refractivity contribution is 0.100. The fourth-order valence-corrected chi connectivity index (χ4v) is 2.49. The number of nitrogens with zero attached hydrogens (tertiary/aromatic N) is 2. The first-order valence-corrected chi connectivity index (χ1v) is 8.20. The molecule has 0 aliphatic carbocycles. The third-order valence-electron chi connectivity index (χ3n) is 3.97. The molecule has 6 heteroatoms. The fourth-order valence-electron chi connectivity index (χ4n) is 2.37. The van der Waals surface area contributed by atoms with Crippen LogP contribution in [0.15, 0.2) is 54.7 Å². The van der Waals surface area contributed by atoms with E-state index in [1.807, 2.05) is 32.0 Å². The van der Waals surface area contributed by atoms with Gasteiger partial charge in [0.15, 0.2) is 6.73 Å². The molecule has 25 heavy (non-hydrogen) atoms. The number of halogens is 1. The molecule has 1 heterocycles. The summed E-state index contributed by atoms with van der Waals surface area (Å²) >= 11 is 5.85. The average Bonchev–Trinajstić information content (AvgIpc) is 3.07. The van der Waals surface area contributed by atoms with Gasteiger partial charge in [0.1, 0.15) is 11.4 Å². The minimum Gasteiger partial charge on any atom is -0.471 e. The maximum absolute atomic E-state index is 12.6. The molecule has 128 valence electrons. The Morgan fingerprint density at radius 3 is 2.68 bits per heavy atom. The maximum atomic E-state index is 12.6. The van der Waals surface area contributed by atoms with Crippen LogP contribution in [-0.2, 0) is 6.73 Å². The first kappa shape index (κ1) is 17.0. The number of carbonyl (C=O) groups is 1. The zero-order chi connectivity index (χ0) is 17.8. The van der Waals surface area contributed by atoms with Gasteiger partial charge in [0, 0.05) is 16.9 Å². The van der Waals surface area contributed by atoms with Gasteiger partial charge in [0.25, 0.3) is 5.91 Å². The van der Waals surface area contributed by atoms with Crippen molar-refractivity contribution in [3.8, 4) is 5.75 Å². The second kappa shape index (κ2) is 7.40. The van der Waals surface area contributed by atoms with Crippen molar-refractivity contribution in [2.24, 2.45) is 0 Å². The van der Waals surface area contributed by atoms with Gasteiger partial charge < -0.3 is 10.1 Å². The highest BCUT2D eigenvalue weighted by Gasteiger charge is 2.14. The van der Waals surface area contributed by atoms with Gasteiger partial charge in [0.05, 0.1) is 0 Å². The molecule has 0 aliphatic heterocycles. The van der Waals surface area contributed by atoms with Gasteiger partial charge in [-0.2, -0.15) is 5.10 Å². The molecule has 1 aromatic heterocycles. The highest BCUT2D eigenvalue weighted by molar-refractivity contribution is 6.30. The predicted octanol–water partition coefficient (Wildman–Crippen LogP) is 4.44. The molecule has 5 nitrogen and oxygen atoms in total. The van der Waals surface area contributed by atoms with Crippen molar-refractivity contribution < 1.29 is 9.53 Å². The van der Waals surface area contributed by atoms with E-state index in [1.165, 1.54) is 4.68 Å². The van der Waals surface area contributed by atoms with Crippen LogP contribution in [0.1, 0.15) is 21.6 Å². The van der Waals surface area contributed by atoms with Crippen molar-refractivity contribution in [2.75, 3.05) is 5.32 Å². The van der Waals surface area contributed by atoms with Crippen molar-refractivity contribution in [1.82, 2.24) is 9.78 Å². The van der Waals surface area contributed by atoms with E-state index < -0.39 is 0 Å². The topological polar surface area (TPSA) is 56.2 Å². The number of hydrogen-bond donors (Lipinski definition) is 1. The molecule has 2 aromatic carbocycles. The van der Waals surface area contributed by atoms with Crippen molar-refractivity contribution in [3.05, 3.63) is 76.6 Å². The summed E-state index contributed by atoms with van der Waals surface area (Å²) in [6.07, 6.45) is 1.57. The Hall–Kier alpha value is -2.79. The average molecular weight is 356 g/mol. The number of benzene rings is 2. The Morgan fingerprint density at radius 1 is 1.16 bits per heavy atom. The zero-order valence-electron chi connectivity index (χ0n) is 14.0. The molecule has 1 N–H and O–H groups in total. The van der Waals surface area contributed by atoms with Crippen molar-refractivity contribution >= 4 is 23.2 Å². The van der Waals surface area contributed by atoms with E-state index in [9.17, 15) is 4.79 Å². The molecule has 0 unspecified atom stereocenters. The SMILES string of the molecule is Cc1cccc(NC(=O)c2ccnn2COc2ccc(Cl)cc2)c1C. The van der Waals surface area contributed by atoms with Crippen LogP contribution in [-0.4, -0.2) is 15.7 Å². The van der Waals surface area contributed by atoms with Crippen LogP contribution in [0.3, 0.4) is 0 Å². The number of hydrogen-bond acceptors (Lipinski definition) is 3. The molecular weight excluding hydrogens is 338 g/mol. The second-order valence-corrected chi connectivity index (χ2v) is 6.08. The summed E-state index contributed by atoms with van der Waals surface area (Å²) in [5.41, 5.74) is 3.38. The van der Waals surface area contributed by atoms with Crippen LogP contribution in [0.5, 0.6) is 5.75 Å². The maximum Gasteiger partial charge on any atom is 0.274 e. The van der Waals surface area contributed by atoms with Gasteiger partial charge in [-0.1, -0.05) is 23.7 Å². The molecule has 0 bridgehead atoms. The summed E-state index contributed by atoms with van der Waals surface area (Å²) in [6, 6.07) is 14.5. The first-order valence-electron chi connectivity index (χ1n) is 7.82. The summed E-state index contributed by atoms with van der Waals surface area (Å²) < 4.78 is 7.16. The molecule has 0 spiro atoms. The van der Waals surface area contributed by atoms with Gasteiger partial charge in [-0.3, -0.25) is 4.79 Å². The van der Waals surface area contributed by atoms with Crippen molar-refractivity contribution in [2.45, 2.75) is 20.6 Å². The molecule has 0 atom stereocenters. The number of nitrogens with one attached hydrogen (secondary N) is 1. The molecule has 0 fully saturated rings. The monoisotopic (exact) mass is 355 g/mol. The molecule has 0 saturated heterocycles. The smallest absolute Gasteiger partial charge is 0.274 e. The van der Waals surface area contributed by atoms with Crippen LogP contribution in [0.25, 0.3) is 0 Å². The lowest BCUT2D eigenvalue weighted by atomic mass is 10.1. The second-order valence-electron chi connectivity index (χ2n) is 5.64. The number of carbonyl (C=O) groups excluding carboxylic acids is 1.